The van der Waals surface area contributed by atoms with Crippen LogP contribution < -0.4 is 0 Å². The molecule has 112 valence electrons. The van der Waals surface area contributed by atoms with E-state index in [1.54, 1.807) is 10.9 Å². The van der Waals surface area contributed by atoms with Gasteiger partial charge in [0, 0.05) is 30.4 Å². The summed E-state index contributed by atoms with van der Waals surface area (Å²) in [4.78, 5) is 4.47. The quantitative estimate of drug-likeness (QED) is 0.946. The molecule has 0 radical (unpaired) electrons. The number of hydrogen-bond donors (Lipinski definition) is 1. The van der Waals surface area contributed by atoms with Crippen molar-refractivity contribution in [2.45, 2.75) is 44.6 Å². The molecule has 0 saturated heterocycles. The Balaban J connectivity index is 2.02. The summed E-state index contributed by atoms with van der Waals surface area (Å²) in [5.74, 6) is 0.221. The van der Waals surface area contributed by atoms with Gasteiger partial charge in [-0.25, -0.2) is 0 Å². The summed E-state index contributed by atoms with van der Waals surface area (Å²) in [6, 6.07) is 4.04. The van der Waals surface area contributed by atoms with Crippen molar-refractivity contribution in [3.8, 4) is 0 Å². The minimum absolute atomic E-state index is 0.000370. The largest absolute Gasteiger partial charge is 0.388 e. The smallest absolute Gasteiger partial charge is 0.132 e. The molecule has 0 amide bonds. The van der Waals surface area contributed by atoms with Gasteiger partial charge in [-0.05, 0) is 30.4 Å². The van der Waals surface area contributed by atoms with E-state index in [0.717, 1.165) is 29.8 Å². The fourth-order valence-electron chi connectivity index (χ4n) is 3.19. The van der Waals surface area contributed by atoms with E-state index < -0.39 is 6.10 Å². The van der Waals surface area contributed by atoms with Crippen LogP contribution in [0.25, 0.3) is 0 Å². The van der Waals surface area contributed by atoms with Crippen LogP contribution in [0.3, 0.4) is 0 Å². The predicted octanol–water partition coefficient (Wildman–Crippen LogP) is 3.36. The molecule has 5 heteroatoms. The first-order valence-electron chi connectivity index (χ1n) is 7.34. The molecule has 2 heterocycles. The molecule has 1 aliphatic rings. The summed E-state index contributed by atoms with van der Waals surface area (Å²) in [7, 11) is 1.81. The van der Waals surface area contributed by atoms with Gasteiger partial charge in [0.1, 0.15) is 5.15 Å². The van der Waals surface area contributed by atoms with Crippen LogP contribution in [0, 0.1) is 0 Å². The fraction of sp³-hybridized carbons (Fsp3) is 0.500. The van der Waals surface area contributed by atoms with Crippen LogP contribution in [0.5, 0.6) is 0 Å². The third-order valence-electron chi connectivity index (χ3n) is 4.27. The number of fused-ring (bicyclic) bond motifs is 1. The Morgan fingerprint density at radius 3 is 2.90 bits per heavy atom. The van der Waals surface area contributed by atoms with Gasteiger partial charge in [-0.3, -0.25) is 9.67 Å². The molecule has 0 saturated carbocycles. The zero-order chi connectivity index (χ0) is 15.1. The van der Waals surface area contributed by atoms with Crippen molar-refractivity contribution in [3.63, 3.8) is 0 Å². The maximum Gasteiger partial charge on any atom is 0.132 e. The van der Waals surface area contributed by atoms with E-state index in [2.05, 4.69) is 30.0 Å². The third-order valence-corrected chi connectivity index (χ3v) is 4.71. The van der Waals surface area contributed by atoms with Gasteiger partial charge in [0.25, 0.3) is 0 Å². The highest BCUT2D eigenvalue weighted by Crippen LogP contribution is 2.44. The molecule has 0 aromatic carbocycles. The van der Waals surface area contributed by atoms with Gasteiger partial charge in [-0.1, -0.05) is 31.5 Å². The second-order valence-corrected chi connectivity index (χ2v) is 6.36. The minimum atomic E-state index is -0.653. The molecule has 2 atom stereocenters. The highest BCUT2D eigenvalue weighted by Gasteiger charge is 2.35. The zero-order valence-corrected chi connectivity index (χ0v) is 13.3. The molecule has 2 aromatic heterocycles. The molecule has 0 spiro atoms. The van der Waals surface area contributed by atoms with Crippen molar-refractivity contribution >= 4 is 11.6 Å². The first kappa shape index (κ1) is 14.5. The van der Waals surface area contributed by atoms with Crippen LogP contribution in [0.1, 0.15) is 60.7 Å². The van der Waals surface area contributed by atoms with Crippen LogP contribution in [0.2, 0.25) is 5.15 Å². The van der Waals surface area contributed by atoms with E-state index >= 15 is 0 Å². The van der Waals surface area contributed by atoms with Gasteiger partial charge in [0.05, 0.1) is 11.8 Å². The average molecular weight is 306 g/mol. The Hall–Kier alpha value is -1.39. The van der Waals surface area contributed by atoms with E-state index in [9.17, 15) is 5.11 Å². The fourth-order valence-corrected chi connectivity index (χ4v) is 3.44. The van der Waals surface area contributed by atoms with E-state index in [0.29, 0.717) is 5.15 Å². The highest BCUT2D eigenvalue weighted by molar-refractivity contribution is 6.30. The zero-order valence-electron chi connectivity index (χ0n) is 12.5. The summed E-state index contributed by atoms with van der Waals surface area (Å²) in [5, 5.41) is 15.9. The van der Waals surface area contributed by atoms with Gasteiger partial charge in [-0.2, -0.15) is 5.10 Å². The van der Waals surface area contributed by atoms with Crippen molar-refractivity contribution < 1.29 is 5.11 Å². The van der Waals surface area contributed by atoms with Crippen LogP contribution in [-0.4, -0.2) is 19.9 Å². The molecule has 2 aromatic rings. The second kappa shape index (κ2) is 5.43. The molecule has 0 aliphatic heterocycles. The van der Waals surface area contributed by atoms with Gasteiger partial charge in [0.15, 0.2) is 0 Å². The SMILES string of the molecule is CC(C)c1nn(C)c(Cl)c1C(O)C1CCc2cccnc21. The summed E-state index contributed by atoms with van der Waals surface area (Å²) in [6.45, 7) is 4.13. The highest BCUT2D eigenvalue weighted by atomic mass is 35.5. The molecular formula is C16H20ClN3O. The number of pyridine rings is 1. The van der Waals surface area contributed by atoms with E-state index in [1.807, 2.05) is 13.1 Å². The first-order valence-corrected chi connectivity index (χ1v) is 7.72. The van der Waals surface area contributed by atoms with Crippen LogP contribution in [-0.2, 0) is 13.5 Å². The lowest BCUT2D eigenvalue weighted by atomic mass is 9.91. The normalized spacial score (nSPS) is 19.0. The number of aromatic nitrogens is 3. The lowest BCUT2D eigenvalue weighted by molar-refractivity contribution is 0.142. The number of halogens is 1. The van der Waals surface area contributed by atoms with Crippen LogP contribution in [0.15, 0.2) is 18.3 Å². The molecule has 0 bridgehead atoms. The van der Waals surface area contributed by atoms with Crippen LogP contribution >= 0.6 is 11.6 Å². The Labute approximate surface area is 129 Å². The third kappa shape index (κ3) is 2.36. The summed E-state index contributed by atoms with van der Waals surface area (Å²) >= 11 is 6.38. The molecule has 21 heavy (non-hydrogen) atoms. The van der Waals surface area contributed by atoms with Gasteiger partial charge < -0.3 is 5.11 Å². The number of hydrogen-bond acceptors (Lipinski definition) is 3. The van der Waals surface area contributed by atoms with Gasteiger partial charge in [-0.15, -0.1) is 0 Å². The summed E-state index contributed by atoms with van der Waals surface area (Å²) < 4.78 is 1.64. The Bertz CT molecular complexity index is 666. The lowest BCUT2D eigenvalue weighted by Crippen LogP contribution is -2.12. The van der Waals surface area contributed by atoms with Crippen molar-refractivity contribution in [3.05, 3.63) is 46.0 Å². The first-order chi connectivity index (χ1) is 10.0. The molecular weight excluding hydrogens is 286 g/mol. The van der Waals surface area contributed by atoms with Crippen molar-refractivity contribution in [2.24, 2.45) is 7.05 Å². The number of aryl methyl sites for hydroxylation is 2. The number of nitrogens with zero attached hydrogens (tertiary/aromatic N) is 3. The Kier molecular flexibility index (Phi) is 3.76. The molecule has 1 N–H and O–H groups in total. The average Bonchev–Trinajstić information content (AvgIpc) is 3.01. The number of aliphatic hydroxyl groups is 1. The molecule has 3 rings (SSSR count). The number of aliphatic hydroxyl groups excluding tert-OH is 1. The topological polar surface area (TPSA) is 50.9 Å². The summed E-state index contributed by atoms with van der Waals surface area (Å²) in [6.07, 6.45) is 2.99. The predicted molar refractivity (Wildman–Crippen MR) is 82.6 cm³/mol. The molecule has 2 unspecified atom stereocenters. The molecule has 4 nitrogen and oxygen atoms in total. The van der Waals surface area contributed by atoms with Crippen LogP contribution in [0.4, 0.5) is 0 Å². The van der Waals surface area contributed by atoms with Gasteiger partial charge >= 0.3 is 0 Å². The maximum absolute atomic E-state index is 10.9. The Morgan fingerprint density at radius 1 is 1.43 bits per heavy atom. The van der Waals surface area contributed by atoms with Crippen molar-refractivity contribution in [2.75, 3.05) is 0 Å². The van der Waals surface area contributed by atoms with E-state index in [-0.39, 0.29) is 11.8 Å². The minimum Gasteiger partial charge on any atom is -0.388 e. The van der Waals surface area contributed by atoms with Gasteiger partial charge in [0.2, 0.25) is 0 Å². The molecule has 1 aliphatic carbocycles. The maximum atomic E-state index is 10.9. The second-order valence-electron chi connectivity index (χ2n) is 6.01. The summed E-state index contributed by atoms with van der Waals surface area (Å²) in [5.41, 5.74) is 3.87. The standard InChI is InChI=1S/C16H20ClN3O/c1-9(2)13-12(16(17)20(3)19-13)15(21)11-7-6-10-5-4-8-18-14(10)11/h4-5,8-9,11,15,21H,6-7H2,1-3H3. The van der Waals surface area contributed by atoms with Crippen molar-refractivity contribution in [1.82, 2.24) is 14.8 Å². The van der Waals surface area contributed by atoms with E-state index in [4.69, 9.17) is 11.6 Å². The Morgan fingerprint density at radius 2 is 2.19 bits per heavy atom. The number of rotatable bonds is 3. The monoisotopic (exact) mass is 305 g/mol. The van der Waals surface area contributed by atoms with E-state index in [1.165, 1.54) is 5.56 Å². The molecule has 0 fully saturated rings. The van der Waals surface area contributed by atoms with Crippen molar-refractivity contribution in [1.29, 1.82) is 0 Å². The lowest BCUT2D eigenvalue weighted by Gasteiger charge is -2.20.